The lowest BCUT2D eigenvalue weighted by atomic mass is 9.95. The fourth-order valence-electron chi connectivity index (χ4n) is 8.54. The van der Waals surface area contributed by atoms with E-state index in [1.807, 2.05) is 67.6 Å². The molecule has 10 rings (SSSR count). The van der Waals surface area contributed by atoms with E-state index in [4.69, 9.17) is 0 Å². The molecule has 0 amide bonds. The van der Waals surface area contributed by atoms with Crippen molar-refractivity contribution in [3.63, 3.8) is 0 Å². The molecule has 0 unspecified atom stereocenters. The van der Waals surface area contributed by atoms with Crippen molar-refractivity contribution in [3.8, 4) is 50.8 Å². The highest BCUT2D eigenvalue weighted by molar-refractivity contribution is 6.13. The molecule has 0 saturated carbocycles. The molecule has 2 heterocycles. The fraction of sp³-hybridized carbons (Fsp3) is 0.0577. The van der Waals surface area contributed by atoms with Crippen LogP contribution >= 0.6 is 0 Å². The topological polar surface area (TPSA) is 33.6 Å². The van der Waals surface area contributed by atoms with Crippen molar-refractivity contribution >= 4 is 43.6 Å². The molecule has 6 heteroatoms. The molecule has 0 fully saturated rings. The minimum Gasteiger partial charge on any atom is -0.309 e. The van der Waals surface area contributed by atoms with Gasteiger partial charge in [0.2, 0.25) is 0 Å². The van der Waals surface area contributed by atoms with Crippen molar-refractivity contribution in [2.24, 2.45) is 0 Å². The Labute approximate surface area is 333 Å². The summed E-state index contributed by atoms with van der Waals surface area (Å²) in [5, 5.41) is 14.0. The van der Waals surface area contributed by atoms with Crippen LogP contribution in [-0.4, -0.2) is 9.13 Å². The molecule has 0 N–H and O–H groups in total. The number of rotatable bonds is 5. The minimum absolute atomic E-state index is 0.00282. The van der Waals surface area contributed by atoms with Crippen molar-refractivity contribution < 1.29 is 13.2 Å². The van der Waals surface area contributed by atoms with Crippen LogP contribution in [0.15, 0.2) is 170 Å². The molecule has 2 aromatic heterocycles. The van der Waals surface area contributed by atoms with Crippen molar-refractivity contribution in [2.75, 3.05) is 0 Å². The summed E-state index contributed by atoms with van der Waals surface area (Å²) in [6, 6.07) is 56.6. The molecule has 0 saturated heterocycles. The quantitative estimate of drug-likeness (QED) is 0.172. The molecule has 0 aliphatic carbocycles. The molecule has 58 heavy (non-hydrogen) atoms. The number of aromatic nitrogens is 2. The van der Waals surface area contributed by atoms with Gasteiger partial charge in [0.05, 0.1) is 50.6 Å². The normalized spacial score (nSPS) is 11.9. The highest BCUT2D eigenvalue weighted by Crippen LogP contribution is 2.46. The van der Waals surface area contributed by atoms with E-state index in [1.165, 1.54) is 11.6 Å². The number of benzene rings is 8. The van der Waals surface area contributed by atoms with Gasteiger partial charge in [-0.25, -0.2) is 0 Å². The van der Waals surface area contributed by atoms with Crippen LogP contribution in [0.5, 0.6) is 0 Å². The Kier molecular flexibility index (Phi) is 8.10. The molecule has 278 valence electrons. The maximum absolute atomic E-state index is 15.5. The van der Waals surface area contributed by atoms with Gasteiger partial charge in [-0.2, -0.15) is 18.4 Å². The van der Waals surface area contributed by atoms with E-state index in [2.05, 4.69) is 96.4 Å². The molecule has 0 atom stereocenters. The lowest BCUT2D eigenvalue weighted by Gasteiger charge is -2.22. The van der Waals surface area contributed by atoms with E-state index >= 15 is 13.2 Å². The Balaban J connectivity index is 1.28. The summed E-state index contributed by atoms with van der Waals surface area (Å²) >= 11 is 0. The van der Waals surface area contributed by atoms with Gasteiger partial charge in [0.25, 0.3) is 0 Å². The number of nitriles is 1. The SMILES string of the molecule is Cc1ccc(-c2ccc3c(c2)c2ccccc2n3-c2ccc(C#N)cc2-c2cccc(C(F)(F)F)c2-n2c3ccccc3c3cc(-c4ccc(C)cc4)ccc32)cc1. The van der Waals surface area contributed by atoms with Crippen LogP contribution in [0, 0.1) is 25.2 Å². The first-order valence-electron chi connectivity index (χ1n) is 19.1. The monoisotopic (exact) mass is 757 g/mol. The molecule has 0 aliphatic heterocycles. The Morgan fingerprint density at radius 2 is 0.948 bits per heavy atom. The van der Waals surface area contributed by atoms with E-state index in [0.29, 0.717) is 33.4 Å². The summed E-state index contributed by atoms with van der Waals surface area (Å²) in [6.07, 6.45) is -4.70. The third-order valence-corrected chi connectivity index (χ3v) is 11.3. The number of hydrogen-bond donors (Lipinski definition) is 0. The van der Waals surface area contributed by atoms with Gasteiger partial charge in [-0.3, -0.25) is 0 Å². The third kappa shape index (κ3) is 5.66. The molecule has 0 spiro atoms. The predicted octanol–water partition coefficient (Wildman–Crippen LogP) is 14.4. The average molecular weight is 758 g/mol. The second-order valence-corrected chi connectivity index (χ2v) is 14.9. The second-order valence-electron chi connectivity index (χ2n) is 14.9. The average Bonchev–Trinajstić information content (AvgIpc) is 3.75. The fourth-order valence-corrected chi connectivity index (χ4v) is 8.54. The van der Waals surface area contributed by atoms with Crippen molar-refractivity contribution in [2.45, 2.75) is 20.0 Å². The second kappa shape index (κ2) is 13.4. The van der Waals surface area contributed by atoms with Gasteiger partial charge >= 0.3 is 6.18 Å². The first-order valence-corrected chi connectivity index (χ1v) is 19.1. The standard InChI is InChI=1S/C52H34F3N3/c1-32-14-19-35(20-15-32)37-23-26-49-43(29-37)39-8-3-5-12-46(39)57(49)48-25-18-34(31-56)28-42(48)41-10-7-11-45(52(53,54)55)51(41)58-47-13-6-4-9-40(47)44-30-38(24-27-50(44)58)36-21-16-33(2)17-22-36/h3-30H,1-2H3. The zero-order valence-corrected chi connectivity index (χ0v) is 31.6. The Bertz CT molecular complexity index is 3290. The maximum atomic E-state index is 15.5. The third-order valence-electron chi connectivity index (χ3n) is 11.3. The molecule has 8 aromatic carbocycles. The molecular weight excluding hydrogens is 724 g/mol. The summed E-state index contributed by atoms with van der Waals surface area (Å²) in [5.74, 6) is 0. The van der Waals surface area contributed by atoms with Gasteiger partial charge in [-0.1, -0.05) is 120 Å². The van der Waals surface area contributed by atoms with Crippen LogP contribution in [-0.2, 0) is 6.18 Å². The van der Waals surface area contributed by atoms with E-state index in [9.17, 15) is 5.26 Å². The van der Waals surface area contributed by atoms with Gasteiger partial charge < -0.3 is 9.13 Å². The summed E-state index contributed by atoms with van der Waals surface area (Å²) in [6.45, 7) is 4.10. The zero-order valence-electron chi connectivity index (χ0n) is 31.6. The van der Waals surface area contributed by atoms with Crippen LogP contribution in [0.1, 0.15) is 22.3 Å². The first kappa shape index (κ1) is 35.1. The van der Waals surface area contributed by atoms with Gasteiger partial charge in [0.1, 0.15) is 0 Å². The van der Waals surface area contributed by atoms with Crippen molar-refractivity contribution in [3.05, 3.63) is 192 Å². The maximum Gasteiger partial charge on any atom is 0.418 e. The van der Waals surface area contributed by atoms with Crippen LogP contribution in [0.3, 0.4) is 0 Å². The van der Waals surface area contributed by atoms with E-state index in [0.717, 1.165) is 66.5 Å². The highest BCUT2D eigenvalue weighted by Gasteiger charge is 2.36. The van der Waals surface area contributed by atoms with Gasteiger partial charge in [0, 0.05) is 32.7 Å². The number of hydrogen-bond acceptors (Lipinski definition) is 1. The Morgan fingerprint density at radius 3 is 1.50 bits per heavy atom. The number of aryl methyl sites for hydroxylation is 2. The number of para-hydroxylation sites is 3. The van der Waals surface area contributed by atoms with Gasteiger partial charge in [-0.05, 0) is 96.8 Å². The van der Waals surface area contributed by atoms with Gasteiger partial charge in [-0.15, -0.1) is 0 Å². The van der Waals surface area contributed by atoms with Crippen molar-refractivity contribution in [1.29, 1.82) is 5.26 Å². The van der Waals surface area contributed by atoms with Gasteiger partial charge in [0.15, 0.2) is 0 Å². The van der Waals surface area contributed by atoms with Crippen molar-refractivity contribution in [1.82, 2.24) is 9.13 Å². The van der Waals surface area contributed by atoms with Crippen LogP contribution in [0.2, 0.25) is 0 Å². The summed E-state index contributed by atoms with van der Waals surface area (Å²) in [7, 11) is 0. The molecule has 0 radical (unpaired) electrons. The summed E-state index contributed by atoms with van der Waals surface area (Å²) in [4.78, 5) is 0. The predicted molar refractivity (Wildman–Crippen MR) is 231 cm³/mol. The largest absolute Gasteiger partial charge is 0.418 e. The zero-order chi connectivity index (χ0) is 39.7. The smallest absolute Gasteiger partial charge is 0.309 e. The lowest BCUT2D eigenvalue weighted by Crippen LogP contribution is -2.12. The summed E-state index contributed by atoms with van der Waals surface area (Å²) in [5.41, 5.74) is 10.7. The number of halogens is 3. The van der Waals surface area contributed by atoms with Crippen LogP contribution in [0.4, 0.5) is 13.2 Å². The highest BCUT2D eigenvalue weighted by atomic mass is 19.4. The Morgan fingerprint density at radius 1 is 0.448 bits per heavy atom. The van der Waals surface area contributed by atoms with Crippen LogP contribution in [0.25, 0.3) is 88.4 Å². The molecule has 3 nitrogen and oxygen atoms in total. The summed E-state index contributed by atoms with van der Waals surface area (Å²) < 4.78 is 50.4. The first-order chi connectivity index (χ1) is 28.2. The number of alkyl halides is 3. The van der Waals surface area contributed by atoms with Crippen LogP contribution < -0.4 is 0 Å². The van der Waals surface area contributed by atoms with E-state index < -0.39 is 11.7 Å². The minimum atomic E-state index is -4.70. The molecular formula is C52H34F3N3. The van der Waals surface area contributed by atoms with E-state index in [1.54, 1.807) is 22.8 Å². The lowest BCUT2D eigenvalue weighted by molar-refractivity contribution is -0.137. The molecule has 10 aromatic rings. The van der Waals surface area contributed by atoms with E-state index in [-0.39, 0.29) is 5.69 Å². The number of nitrogens with zero attached hydrogens (tertiary/aromatic N) is 3. The molecule has 0 bridgehead atoms. The Hall–Kier alpha value is -7.36. The number of fused-ring (bicyclic) bond motifs is 6. The molecule has 0 aliphatic rings.